The second kappa shape index (κ2) is 7.79. The third-order valence-corrected chi connectivity index (χ3v) is 4.96. The van der Waals surface area contributed by atoms with Crippen molar-refractivity contribution in [3.8, 4) is 0 Å². The van der Waals surface area contributed by atoms with Crippen LogP contribution in [-0.2, 0) is 10.1 Å². The summed E-state index contributed by atoms with van der Waals surface area (Å²) in [6.07, 6.45) is 5.85. The Morgan fingerprint density at radius 2 is 1.65 bits per heavy atom. The molecule has 0 bridgehead atoms. The summed E-state index contributed by atoms with van der Waals surface area (Å²) in [6, 6.07) is 6.62. The molecule has 3 nitrogen and oxygen atoms in total. The van der Waals surface area contributed by atoms with Crippen molar-refractivity contribution < 1.29 is 13.0 Å². The molecule has 4 heteroatoms. The molecule has 114 valence electrons. The van der Waals surface area contributed by atoms with E-state index in [1.807, 2.05) is 12.1 Å². The van der Waals surface area contributed by atoms with Crippen LogP contribution in [0.1, 0.15) is 64.4 Å². The third-order valence-electron chi connectivity index (χ3n) is 4.09. The molecule has 0 aliphatic heterocycles. The molecule has 0 heterocycles. The van der Waals surface area contributed by atoms with Crippen LogP contribution in [0.15, 0.2) is 29.2 Å². The van der Waals surface area contributed by atoms with E-state index in [1.165, 1.54) is 31.4 Å². The van der Waals surface area contributed by atoms with Crippen molar-refractivity contribution in [3.05, 3.63) is 29.8 Å². The fraction of sp³-hybridized carbons (Fsp3) is 0.625. The Balaban J connectivity index is 2.66. The van der Waals surface area contributed by atoms with Crippen LogP contribution in [0.5, 0.6) is 0 Å². The quantitative estimate of drug-likeness (QED) is 0.711. The standard InChI is InChI=1S/C16H26O3S/c1-4-13(3)7-6-8-14(5-2)15-9-11-16(12-10-15)20(17,18)19/h9-14H,4-8H2,1-3H3,(H,17,18,19). The molecule has 2 atom stereocenters. The van der Waals surface area contributed by atoms with Crippen LogP contribution in [0.2, 0.25) is 0 Å². The molecule has 0 saturated carbocycles. The summed E-state index contributed by atoms with van der Waals surface area (Å²) in [6.45, 7) is 6.66. The number of hydrogen-bond acceptors (Lipinski definition) is 2. The zero-order valence-corrected chi connectivity index (χ0v) is 13.5. The van der Waals surface area contributed by atoms with Gasteiger partial charge in [-0.3, -0.25) is 4.55 Å². The molecule has 20 heavy (non-hydrogen) atoms. The topological polar surface area (TPSA) is 54.4 Å². The van der Waals surface area contributed by atoms with Gasteiger partial charge in [0.2, 0.25) is 0 Å². The predicted octanol–water partition coefficient (Wildman–Crippen LogP) is 4.64. The van der Waals surface area contributed by atoms with Crippen LogP contribution in [0, 0.1) is 5.92 Å². The summed E-state index contributed by atoms with van der Waals surface area (Å²) < 4.78 is 31.0. The van der Waals surface area contributed by atoms with Crippen LogP contribution in [0.3, 0.4) is 0 Å². The minimum absolute atomic E-state index is 0.0318. The zero-order chi connectivity index (χ0) is 15.2. The Hall–Kier alpha value is -0.870. The Bertz CT molecular complexity index is 491. The van der Waals surface area contributed by atoms with Gasteiger partial charge in [0.25, 0.3) is 10.1 Å². The third kappa shape index (κ3) is 5.25. The molecule has 0 aliphatic carbocycles. The Morgan fingerprint density at radius 3 is 2.10 bits per heavy atom. The minimum Gasteiger partial charge on any atom is -0.282 e. The van der Waals surface area contributed by atoms with Gasteiger partial charge in [0.15, 0.2) is 0 Å². The number of benzene rings is 1. The van der Waals surface area contributed by atoms with E-state index in [1.54, 1.807) is 0 Å². The van der Waals surface area contributed by atoms with E-state index in [0.717, 1.165) is 24.3 Å². The summed E-state index contributed by atoms with van der Waals surface area (Å²) in [5, 5.41) is 0. The van der Waals surface area contributed by atoms with Gasteiger partial charge in [-0.1, -0.05) is 52.2 Å². The van der Waals surface area contributed by atoms with E-state index in [4.69, 9.17) is 4.55 Å². The van der Waals surface area contributed by atoms with Gasteiger partial charge >= 0.3 is 0 Å². The first kappa shape index (κ1) is 17.2. The van der Waals surface area contributed by atoms with E-state index in [2.05, 4.69) is 20.8 Å². The first-order valence-electron chi connectivity index (χ1n) is 7.45. The normalized spacial score (nSPS) is 15.0. The van der Waals surface area contributed by atoms with E-state index in [0.29, 0.717) is 5.92 Å². The molecule has 1 aromatic rings. The van der Waals surface area contributed by atoms with Crippen LogP contribution < -0.4 is 0 Å². The van der Waals surface area contributed by atoms with Crippen LogP contribution in [0.4, 0.5) is 0 Å². The molecule has 0 fully saturated rings. The molecular formula is C16H26O3S. The van der Waals surface area contributed by atoms with Gasteiger partial charge < -0.3 is 0 Å². The van der Waals surface area contributed by atoms with Crippen LogP contribution >= 0.6 is 0 Å². The van der Waals surface area contributed by atoms with E-state index in [9.17, 15) is 8.42 Å². The monoisotopic (exact) mass is 298 g/mol. The lowest BCUT2D eigenvalue weighted by Crippen LogP contribution is -2.02. The summed E-state index contributed by atoms with van der Waals surface area (Å²) in [7, 11) is -4.08. The molecule has 0 radical (unpaired) electrons. The fourth-order valence-corrected chi connectivity index (χ4v) is 2.92. The summed E-state index contributed by atoms with van der Waals surface area (Å²) in [4.78, 5) is -0.0318. The Labute approximate surface area is 123 Å². The van der Waals surface area contributed by atoms with Crippen molar-refractivity contribution in [3.63, 3.8) is 0 Å². The van der Waals surface area contributed by atoms with Crippen molar-refractivity contribution >= 4 is 10.1 Å². The van der Waals surface area contributed by atoms with Crippen molar-refractivity contribution in [2.75, 3.05) is 0 Å². The van der Waals surface area contributed by atoms with Gasteiger partial charge in [0.1, 0.15) is 0 Å². The largest absolute Gasteiger partial charge is 0.294 e. The van der Waals surface area contributed by atoms with E-state index in [-0.39, 0.29) is 4.90 Å². The van der Waals surface area contributed by atoms with E-state index < -0.39 is 10.1 Å². The summed E-state index contributed by atoms with van der Waals surface area (Å²) >= 11 is 0. The van der Waals surface area contributed by atoms with Crippen LogP contribution in [0.25, 0.3) is 0 Å². The molecule has 1 aromatic carbocycles. The first-order valence-corrected chi connectivity index (χ1v) is 8.89. The molecule has 1 rings (SSSR count). The maximum Gasteiger partial charge on any atom is 0.294 e. The summed E-state index contributed by atoms with van der Waals surface area (Å²) in [5.74, 6) is 1.24. The van der Waals surface area contributed by atoms with Gasteiger partial charge in [0, 0.05) is 0 Å². The smallest absolute Gasteiger partial charge is 0.282 e. The highest BCUT2D eigenvalue weighted by atomic mass is 32.2. The lowest BCUT2D eigenvalue weighted by molar-refractivity contribution is 0.458. The molecule has 0 aliphatic rings. The number of hydrogen-bond donors (Lipinski definition) is 1. The Kier molecular flexibility index (Phi) is 6.69. The number of rotatable bonds is 8. The van der Waals surface area contributed by atoms with Gasteiger partial charge in [0.05, 0.1) is 4.90 Å². The summed E-state index contributed by atoms with van der Waals surface area (Å²) in [5.41, 5.74) is 1.16. The highest BCUT2D eigenvalue weighted by molar-refractivity contribution is 7.85. The highest BCUT2D eigenvalue weighted by Gasteiger charge is 2.13. The van der Waals surface area contributed by atoms with Gasteiger partial charge in [-0.15, -0.1) is 0 Å². The minimum atomic E-state index is -4.08. The van der Waals surface area contributed by atoms with Crippen molar-refractivity contribution in [1.29, 1.82) is 0 Å². The van der Waals surface area contributed by atoms with Crippen LogP contribution in [-0.4, -0.2) is 13.0 Å². The van der Waals surface area contributed by atoms with Gasteiger partial charge in [-0.25, -0.2) is 0 Å². The molecule has 2 unspecified atom stereocenters. The Morgan fingerprint density at radius 1 is 1.05 bits per heavy atom. The fourth-order valence-electron chi connectivity index (χ4n) is 2.44. The second-order valence-corrected chi connectivity index (χ2v) is 7.02. The molecule has 0 amide bonds. The van der Waals surface area contributed by atoms with Crippen molar-refractivity contribution in [1.82, 2.24) is 0 Å². The maximum atomic E-state index is 11.0. The lowest BCUT2D eigenvalue weighted by atomic mass is 9.89. The molecule has 1 N–H and O–H groups in total. The SMILES string of the molecule is CCC(C)CCCC(CC)c1ccc(S(=O)(=O)O)cc1. The van der Waals surface area contributed by atoms with Crippen molar-refractivity contribution in [2.45, 2.75) is 63.7 Å². The molecule has 0 saturated heterocycles. The zero-order valence-electron chi connectivity index (χ0n) is 12.7. The van der Waals surface area contributed by atoms with Gasteiger partial charge in [-0.2, -0.15) is 8.42 Å². The van der Waals surface area contributed by atoms with Crippen molar-refractivity contribution in [2.24, 2.45) is 5.92 Å². The molecule has 0 aromatic heterocycles. The average molecular weight is 298 g/mol. The molecule has 0 spiro atoms. The lowest BCUT2D eigenvalue weighted by Gasteiger charge is -2.17. The van der Waals surface area contributed by atoms with E-state index >= 15 is 0 Å². The predicted molar refractivity (Wildman–Crippen MR) is 82.6 cm³/mol. The maximum absolute atomic E-state index is 11.0. The first-order chi connectivity index (χ1) is 9.38. The highest BCUT2D eigenvalue weighted by Crippen LogP contribution is 2.27. The molecular weight excluding hydrogens is 272 g/mol. The second-order valence-electron chi connectivity index (χ2n) is 5.59. The average Bonchev–Trinajstić information content (AvgIpc) is 2.42. The van der Waals surface area contributed by atoms with Gasteiger partial charge in [-0.05, 0) is 42.4 Å².